The number of hydrogen-bond acceptors (Lipinski definition) is 7. The first-order valence-electron chi connectivity index (χ1n) is 10.00. The number of anilines is 1. The minimum Gasteiger partial charge on any atom is -0.388 e. The second-order valence-electron chi connectivity index (χ2n) is 8.09. The van der Waals surface area contributed by atoms with Gasteiger partial charge in [0, 0.05) is 45.7 Å². The predicted molar refractivity (Wildman–Crippen MR) is 109 cm³/mol. The first-order valence-corrected chi connectivity index (χ1v) is 10.8. The number of nitrogens with two attached hydrogens (primary N) is 1. The van der Waals surface area contributed by atoms with E-state index in [1.54, 1.807) is 13.8 Å². The van der Waals surface area contributed by atoms with E-state index in [9.17, 15) is 14.7 Å². The lowest BCUT2D eigenvalue weighted by Gasteiger charge is -2.38. The zero-order valence-electron chi connectivity index (χ0n) is 16.7. The fraction of sp³-hybridized carbons (Fsp3) is 0.737. The average molecular weight is 410 g/mol. The summed E-state index contributed by atoms with van der Waals surface area (Å²) in [4.78, 5) is 32.9. The number of carbonyl (C=O) groups excluding carboxylic acids is 2. The number of nitrogens with zero attached hydrogens (tertiary/aromatic N) is 3. The van der Waals surface area contributed by atoms with Crippen molar-refractivity contribution in [3.05, 3.63) is 10.6 Å². The molecule has 0 bridgehead atoms. The van der Waals surface area contributed by atoms with E-state index in [1.807, 2.05) is 4.90 Å². The van der Waals surface area contributed by atoms with Crippen molar-refractivity contribution in [2.45, 2.75) is 57.6 Å². The number of aliphatic hydroxyl groups is 1. The second kappa shape index (κ2) is 8.75. The van der Waals surface area contributed by atoms with Crippen LogP contribution >= 0.6 is 11.3 Å². The summed E-state index contributed by atoms with van der Waals surface area (Å²) in [5.41, 5.74) is 5.62. The number of carbonyl (C=O) groups is 2. The van der Waals surface area contributed by atoms with Gasteiger partial charge in [-0.05, 0) is 39.0 Å². The number of piperidine rings is 1. The Bertz CT molecular complexity index is 716. The summed E-state index contributed by atoms with van der Waals surface area (Å²) in [5, 5.41) is 14.6. The highest BCUT2D eigenvalue weighted by molar-refractivity contribution is 7.17. The molecular weight excluding hydrogens is 378 g/mol. The molecule has 2 aliphatic heterocycles. The van der Waals surface area contributed by atoms with Gasteiger partial charge in [0.15, 0.2) is 5.13 Å². The van der Waals surface area contributed by atoms with Gasteiger partial charge >= 0.3 is 0 Å². The summed E-state index contributed by atoms with van der Waals surface area (Å²) in [6, 6.07) is 0.237. The van der Waals surface area contributed by atoms with Gasteiger partial charge in [-0.3, -0.25) is 9.59 Å². The van der Waals surface area contributed by atoms with E-state index in [2.05, 4.69) is 15.2 Å². The molecule has 0 aliphatic carbocycles. The Morgan fingerprint density at radius 3 is 2.61 bits per heavy atom. The Kier molecular flexibility index (Phi) is 6.57. The van der Waals surface area contributed by atoms with Crippen molar-refractivity contribution in [2.75, 3.05) is 38.5 Å². The van der Waals surface area contributed by atoms with Crippen LogP contribution in [0.3, 0.4) is 0 Å². The molecule has 0 spiro atoms. The Morgan fingerprint density at radius 2 is 2.00 bits per heavy atom. The summed E-state index contributed by atoms with van der Waals surface area (Å²) in [6.07, 6.45) is 3.85. The number of nitrogen functional groups attached to an aromatic ring is 1. The Balaban J connectivity index is 1.53. The van der Waals surface area contributed by atoms with Crippen LogP contribution in [0.2, 0.25) is 0 Å². The van der Waals surface area contributed by atoms with Crippen LogP contribution in [0.5, 0.6) is 0 Å². The topological polar surface area (TPSA) is 112 Å². The van der Waals surface area contributed by atoms with Crippen molar-refractivity contribution in [3.8, 4) is 0 Å². The molecule has 8 nitrogen and oxygen atoms in total. The smallest absolute Gasteiger partial charge is 0.265 e. The molecule has 2 amide bonds. The lowest BCUT2D eigenvalue weighted by atomic mass is 9.93. The standard InChI is InChI=1S/C19H31N5O3S/c1-13-16(28-18(20)21-13)17(26)24-8-3-6-19(27,7-11-24)12-23-9-4-15(5-10-23)22-14(2)25/h15,27H,3-12H2,1-2H3,(H2,20,21)(H,22,25). The molecule has 156 valence electrons. The van der Waals surface area contributed by atoms with Crippen LogP contribution in [0.1, 0.15) is 54.4 Å². The van der Waals surface area contributed by atoms with Crippen LogP contribution in [0.4, 0.5) is 5.13 Å². The van der Waals surface area contributed by atoms with Crippen LogP contribution in [0.25, 0.3) is 0 Å². The fourth-order valence-corrected chi connectivity index (χ4v) is 5.04. The largest absolute Gasteiger partial charge is 0.388 e. The fourth-order valence-electron chi connectivity index (χ4n) is 4.24. The molecular formula is C19H31N5O3S. The summed E-state index contributed by atoms with van der Waals surface area (Å²) < 4.78 is 0. The summed E-state index contributed by atoms with van der Waals surface area (Å²) >= 11 is 1.23. The average Bonchev–Trinajstić information content (AvgIpc) is 2.84. The third-order valence-corrected chi connectivity index (χ3v) is 6.70. The number of β-amino-alcohol motifs (C(OH)–C–C–N with tert-alkyl or cyclic N) is 1. The first-order chi connectivity index (χ1) is 13.3. The van der Waals surface area contributed by atoms with Crippen molar-refractivity contribution in [1.82, 2.24) is 20.1 Å². The van der Waals surface area contributed by atoms with Crippen LogP contribution in [-0.2, 0) is 4.79 Å². The Morgan fingerprint density at radius 1 is 1.29 bits per heavy atom. The number of likely N-dealkylation sites (tertiary alicyclic amines) is 2. The molecule has 1 aromatic rings. The highest BCUT2D eigenvalue weighted by Crippen LogP contribution is 2.28. The summed E-state index contributed by atoms with van der Waals surface area (Å²) in [6.45, 7) is 6.89. The maximum Gasteiger partial charge on any atom is 0.265 e. The molecule has 0 saturated carbocycles. The van der Waals surface area contributed by atoms with Gasteiger partial charge in [-0.15, -0.1) is 0 Å². The van der Waals surface area contributed by atoms with Crippen molar-refractivity contribution in [3.63, 3.8) is 0 Å². The zero-order chi connectivity index (χ0) is 20.3. The van der Waals surface area contributed by atoms with Gasteiger partial charge in [0.1, 0.15) is 4.88 Å². The molecule has 0 aromatic carbocycles. The SMILES string of the molecule is CC(=O)NC1CCN(CC2(O)CCCN(C(=O)c3sc(N)nc3C)CC2)CC1. The Hall–Kier alpha value is -1.71. The van der Waals surface area contributed by atoms with E-state index in [1.165, 1.54) is 11.3 Å². The zero-order valence-corrected chi connectivity index (χ0v) is 17.6. The molecule has 28 heavy (non-hydrogen) atoms. The van der Waals surface area contributed by atoms with E-state index < -0.39 is 5.60 Å². The van der Waals surface area contributed by atoms with E-state index in [0.29, 0.717) is 48.2 Å². The van der Waals surface area contributed by atoms with E-state index in [4.69, 9.17) is 5.73 Å². The van der Waals surface area contributed by atoms with Gasteiger partial charge in [0.05, 0.1) is 11.3 Å². The maximum atomic E-state index is 12.8. The highest BCUT2D eigenvalue weighted by atomic mass is 32.1. The van der Waals surface area contributed by atoms with Crippen LogP contribution in [0.15, 0.2) is 0 Å². The van der Waals surface area contributed by atoms with Crippen LogP contribution < -0.4 is 11.1 Å². The molecule has 4 N–H and O–H groups in total. The molecule has 2 aliphatic rings. The Labute approximate surface area is 170 Å². The van der Waals surface area contributed by atoms with E-state index in [-0.39, 0.29) is 17.9 Å². The summed E-state index contributed by atoms with van der Waals surface area (Å²) in [5.74, 6) is -0.0180. The van der Waals surface area contributed by atoms with E-state index >= 15 is 0 Å². The van der Waals surface area contributed by atoms with Gasteiger partial charge in [0.25, 0.3) is 5.91 Å². The van der Waals surface area contributed by atoms with Crippen molar-refractivity contribution in [2.24, 2.45) is 0 Å². The number of aryl methyl sites for hydroxylation is 1. The number of rotatable bonds is 4. The monoisotopic (exact) mass is 409 g/mol. The van der Waals surface area contributed by atoms with Gasteiger partial charge in [0.2, 0.25) is 5.91 Å². The van der Waals surface area contributed by atoms with Crippen LogP contribution in [0, 0.1) is 6.92 Å². The lowest BCUT2D eigenvalue weighted by Crippen LogP contribution is -2.50. The minimum atomic E-state index is -0.780. The molecule has 1 atom stereocenters. The van der Waals surface area contributed by atoms with Gasteiger partial charge in [-0.1, -0.05) is 11.3 Å². The predicted octanol–water partition coefficient (Wildman–Crippen LogP) is 0.991. The number of amides is 2. The summed E-state index contributed by atoms with van der Waals surface area (Å²) in [7, 11) is 0. The van der Waals surface area contributed by atoms with E-state index in [0.717, 1.165) is 32.4 Å². The lowest BCUT2D eigenvalue weighted by molar-refractivity contribution is -0.120. The number of thiazole rings is 1. The van der Waals surface area contributed by atoms with Crippen molar-refractivity contribution >= 4 is 28.3 Å². The number of nitrogens with one attached hydrogen (secondary N) is 1. The minimum absolute atomic E-state index is 0.0172. The van der Waals surface area contributed by atoms with Gasteiger partial charge < -0.3 is 26.0 Å². The molecule has 3 rings (SSSR count). The quantitative estimate of drug-likeness (QED) is 0.684. The number of aromatic nitrogens is 1. The molecule has 1 aromatic heterocycles. The molecule has 2 fully saturated rings. The molecule has 2 saturated heterocycles. The third-order valence-electron chi connectivity index (χ3n) is 5.72. The highest BCUT2D eigenvalue weighted by Gasteiger charge is 2.35. The van der Waals surface area contributed by atoms with Gasteiger partial charge in [-0.25, -0.2) is 4.98 Å². The van der Waals surface area contributed by atoms with Crippen LogP contribution in [-0.4, -0.2) is 76.1 Å². The van der Waals surface area contributed by atoms with Gasteiger partial charge in [-0.2, -0.15) is 0 Å². The maximum absolute atomic E-state index is 12.8. The number of hydrogen-bond donors (Lipinski definition) is 3. The molecule has 1 unspecified atom stereocenters. The van der Waals surface area contributed by atoms with Crippen molar-refractivity contribution < 1.29 is 14.7 Å². The normalized spacial score (nSPS) is 24.8. The van der Waals surface area contributed by atoms with Crippen molar-refractivity contribution in [1.29, 1.82) is 0 Å². The molecule has 9 heteroatoms. The first kappa shape index (κ1) is 21.0. The molecule has 0 radical (unpaired) electrons. The molecule has 3 heterocycles. The third kappa shape index (κ3) is 5.21. The second-order valence-corrected chi connectivity index (χ2v) is 9.12.